The van der Waals surface area contributed by atoms with Crippen LogP contribution in [0.15, 0.2) is 33.8 Å². The third-order valence-electron chi connectivity index (χ3n) is 2.70. The van der Waals surface area contributed by atoms with Crippen LogP contribution in [0, 0.1) is 0 Å². The highest BCUT2D eigenvalue weighted by Gasteiger charge is 2.10. The van der Waals surface area contributed by atoms with E-state index in [0.29, 0.717) is 0 Å². The second kappa shape index (κ2) is 5.46. The summed E-state index contributed by atoms with van der Waals surface area (Å²) in [5.41, 5.74) is 1.13. The second-order valence-corrected chi connectivity index (χ2v) is 4.97. The van der Waals surface area contributed by atoms with E-state index in [2.05, 4.69) is 50.1 Å². The first kappa shape index (κ1) is 11.6. The number of nitrogens with zero attached hydrogens (tertiary/aromatic N) is 3. The number of hydrazone groups is 1. The van der Waals surface area contributed by atoms with E-state index >= 15 is 0 Å². The van der Waals surface area contributed by atoms with Crippen molar-refractivity contribution in [3.05, 3.63) is 34.3 Å². The van der Waals surface area contributed by atoms with Gasteiger partial charge in [0.2, 0.25) is 0 Å². The highest BCUT2D eigenvalue weighted by Crippen LogP contribution is 2.10. The molecule has 0 radical (unpaired) electrons. The van der Waals surface area contributed by atoms with Crippen molar-refractivity contribution in [1.82, 2.24) is 9.91 Å². The lowest BCUT2D eigenvalue weighted by molar-refractivity contribution is 0.159. The standard InChI is InChI=1S/C12H16BrN3/c1-15-5-7-16(8-6-15)14-10-11-3-2-4-12(13)9-11/h2-4,9-10H,5-8H2,1H3. The molecule has 1 fully saturated rings. The van der Waals surface area contributed by atoms with E-state index in [4.69, 9.17) is 0 Å². The van der Waals surface area contributed by atoms with Crippen LogP contribution in [0.2, 0.25) is 0 Å². The van der Waals surface area contributed by atoms with Gasteiger partial charge in [0, 0.05) is 30.7 Å². The van der Waals surface area contributed by atoms with Gasteiger partial charge in [-0.15, -0.1) is 0 Å². The predicted molar refractivity (Wildman–Crippen MR) is 70.8 cm³/mol. The van der Waals surface area contributed by atoms with Gasteiger partial charge in [-0.1, -0.05) is 28.1 Å². The van der Waals surface area contributed by atoms with Gasteiger partial charge in [-0.3, -0.25) is 5.01 Å². The van der Waals surface area contributed by atoms with Crippen LogP contribution in [0.25, 0.3) is 0 Å². The molecule has 0 bridgehead atoms. The lowest BCUT2D eigenvalue weighted by atomic mass is 10.2. The van der Waals surface area contributed by atoms with Gasteiger partial charge in [0.25, 0.3) is 0 Å². The number of halogens is 1. The van der Waals surface area contributed by atoms with Crippen molar-refractivity contribution in [2.45, 2.75) is 0 Å². The Morgan fingerprint density at radius 2 is 2.00 bits per heavy atom. The Morgan fingerprint density at radius 1 is 1.25 bits per heavy atom. The Morgan fingerprint density at radius 3 is 2.69 bits per heavy atom. The van der Waals surface area contributed by atoms with E-state index in [1.54, 1.807) is 0 Å². The highest BCUT2D eigenvalue weighted by molar-refractivity contribution is 9.10. The van der Waals surface area contributed by atoms with E-state index in [1.165, 1.54) is 0 Å². The lowest BCUT2D eigenvalue weighted by Gasteiger charge is -2.30. The first-order valence-electron chi connectivity index (χ1n) is 5.47. The van der Waals surface area contributed by atoms with Gasteiger partial charge in [-0.05, 0) is 24.7 Å². The van der Waals surface area contributed by atoms with Crippen molar-refractivity contribution in [2.24, 2.45) is 5.10 Å². The Labute approximate surface area is 105 Å². The van der Waals surface area contributed by atoms with Crippen molar-refractivity contribution in [3.63, 3.8) is 0 Å². The number of rotatable bonds is 2. The van der Waals surface area contributed by atoms with Crippen LogP contribution in [0.4, 0.5) is 0 Å². The van der Waals surface area contributed by atoms with Crippen LogP contribution in [0.5, 0.6) is 0 Å². The molecule has 1 aliphatic rings. The van der Waals surface area contributed by atoms with Crippen LogP contribution in [-0.2, 0) is 0 Å². The SMILES string of the molecule is CN1CCN(N=Cc2cccc(Br)c2)CC1. The Bertz CT molecular complexity index is 370. The van der Waals surface area contributed by atoms with Gasteiger partial charge < -0.3 is 4.90 Å². The van der Waals surface area contributed by atoms with Crippen LogP contribution in [0.3, 0.4) is 0 Å². The average molecular weight is 282 g/mol. The molecule has 0 atom stereocenters. The largest absolute Gasteiger partial charge is 0.303 e. The van der Waals surface area contributed by atoms with Crippen molar-refractivity contribution in [3.8, 4) is 0 Å². The van der Waals surface area contributed by atoms with E-state index < -0.39 is 0 Å². The molecule has 4 heteroatoms. The van der Waals surface area contributed by atoms with E-state index in [0.717, 1.165) is 36.2 Å². The summed E-state index contributed by atoms with van der Waals surface area (Å²) >= 11 is 3.45. The molecular weight excluding hydrogens is 266 g/mol. The van der Waals surface area contributed by atoms with Crippen LogP contribution in [-0.4, -0.2) is 49.4 Å². The van der Waals surface area contributed by atoms with Gasteiger partial charge in [-0.2, -0.15) is 5.10 Å². The molecule has 0 unspecified atom stereocenters. The summed E-state index contributed by atoms with van der Waals surface area (Å²) in [4.78, 5) is 2.32. The first-order chi connectivity index (χ1) is 7.74. The van der Waals surface area contributed by atoms with Crippen molar-refractivity contribution >= 4 is 22.1 Å². The highest BCUT2D eigenvalue weighted by atomic mass is 79.9. The Hall–Kier alpha value is -0.870. The van der Waals surface area contributed by atoms with Gasteiger partial charge in [-0.25, -0.2) is 0 Å². The molecule has 16 heavy (non-hydrogen) atoms. The summed E-state index contributed by atoms with van der Waals surface area (Å²) < 4.78 is 1.09. The molecule has 3 nitrogen and oxygen atoms in total. The summed E-state index contributed by atoms with van der Waals surface area (Å²) in [6.07, 6.45) is 1.93. The minimum atomic E-state index is 1.01. The maximum absolute atomic E-state index is 4.49. The third-order valence-corrected chi connectivity index (χ3v) is 3.19. The molecule has 0 N–H and O–H groups in total. The lowest BCUT2D eigenvalue weighted by Crippen LogP contribution is -2.41. The third kappa shape index (κ3) is 3.32. The topological polar surface area (TPSA) is 18.8 Å². The Kier molecular flexibility index (Phi) is 3.96. The summed E-state index contributed by atoms with van der Waals surface area (Å²) in [6.45, 7) is 4.22. The normalized spacial score (nSPS) is 18.2. The smallest absolute Gasteiger partial charge is 0.0543 e. The molecule has 1 heterocycles. The molecule has 1 aromatic rings. The van der Waals surface area contributed by atoms with Crippen molar-refractivity contribution in [1.29, 1.82) is 0 Å². The maximum Gasteiger partial charge on any atom is 0.0543 e. The van der Waals surface area contributed by atoms with Gasteiger partial charge in [0.1, 0.15) is 0 Å². The molecule has 0 aliphatic carbocycles. The van der Waals surface area contributed by atoms with Crippen LogP contribution in [0.1, 0.15) is 5.56 Å². The van der Waals surface area contributed by atoms with Crippen molar-refractivity contribution < 1.29 is 0 Å². The second-order valence-electron chi connectivity index (χ2n) is 4.06. The van der Waals surface area contributed by atoms with E-state index in [1.807, 2.05) is 18.3 Å². The molecule has 2 rings (SSSR count). The molecule has 1 aliphatic heterocycles. The van der Waals surface area contributed by atoms with E-state index in [-0.39, 0.29) is 0 Å². The molecule has 1 aromatic carbocycles. The summed E-state index contributed by atoms with van der Waals surface area (Å²) in [5, 5.41) is 6.62. The molecule has 86 valence electrons. The number of likely N-dealkylation sites (N-methyl/N-ethyl adjacent to an activating group) is 1. The first-order valence-corrected chi connectivity index (χ1v) is 6.26. The van der Waals surface area contributed by atoms with Gasteiger partial charge in [0.05, 0.1) is 6.21 Å². The molecule has 0 aromatic heterocycles. The molecule has 0 saturated carbocycles. The zero-order chi connectivity index (χ0) is 11.4. The quantitative estimate of drug-likeness (QED) is 0.773. The van der Waals surface area contributed by atoms with E-state index in [9.17, 15) is 0 Å². The molecule has 1 saturated heterocycles. The zero-order valence-electron chi connectivity index (χ0n) is 9.43. The fraction of sp³-hybridized carbons (Fsp3) is 0.417. The summed E-state index contributed by atoms with van der Waals surface area (Å²) in [5.74, 6) is 0. The molecule has 0 spiro atoms. The fourth-order valence-corrected chi connectivity index (χ4v) is 2.06. The fourth-order valence-electron chi connectivity index (χ4n) is 1.65. The molecule has 0 amide bonds. The van der Waals surface area contributed by atoms with Crippen LogP contribution >= 0.6 is 15.9 Å². The Balaban J connectivity index is 1.94. The number of hydrogen-bond donors (Lipinski definition) is 0. The number of piperazine rings is 1. The number of hydrogen-bond acceptors (Lipinski definition) is 3. The van der Waals surface area contributed by atoms with Crippen LogP contribution < -0.4 is 0 Å². The summed E-state index contributed by atoms with van der Waals surface area (Å²) in [6, 6.07) is 8.17. The predicted octanol–water partition coefficient (Wildman–Crippen LogP) is 2.03. The van der Waals surface area contributed by atoms with Crippen molar-refractivity contribution in [2.75, 3.05) is 33.2 Å². The minimum Gasteiger partial charge on any atom is -0.303 e. The number of benzene rings is 1. The van der Waals surface area contributed by atoms with Gasteiger partial charge >= 0.3 is 0 Å². The zero-order valence-corrected chi connectivity index (χ0v) is 11.0. The minimum absolute atomic E-state index is 1.01. The van der Waals surface area contributed by atoms with Gasteiger partial charge in [0.15, 0.2) is 0 Å². The average Bonchev–Trinajstić information content (AvgIpc) is 2.28. The maximum atomic E-state index is 4.49. The molecular formula is C12H16BrN3. The monoisotopic (exact) mass is 281 g/mol. The summed E-state index contributed by atoms with van der Waals surface area (Å²) in [7, 11) is 2.15.